The third kappa shape index (κ3) is 4.75. The number of nitrogens with one attached hydrogen (secondary N) is 1. The van der Waals surface area contributed by atoms with E-state index in [-0.39, 0.29) is 10.8 Å². The van der Waals surface area contributed by atoms with Crippen molar-refractivity contribution in [1.29, 1.82) is 0 Å². The second-order valence-corrected chi connectivity index (χ2v) is 6.44. The molecule has 1 aromatic rings. The number of hydrogen-bond acceptors (Lipinski definition) is 1. The summed E-state index contributed by atoms with van der Waals surface area (Å²) in [5.74, 6) is 0.506. The highest BCUT2D eigenvalue weighted by atomic mass is 35.5. The summed E-state index contributed by atoms with van der Waals surface area (Å²) in [5.41, 5.74) is 1.12. The molecule has 1 aromatic carbocycles. The Hall–Kier alpha value is -0.600. The van der Waals surface area contributed by atoms with E-state index in [1.54, 1.807) is 6.07 Å². The van der Waals surface area contributed by atoms with Gasteiger partial charge in [0.05, 0.1) is 5.02 Å². The Bertz CT molecular complexity index is 413. The van der Waals surface area contributed by atoms with Crippen LogP contribution in [0.3, 0.4) is 0 Å². The number of halogens is 2. The summed E-state index contributed by atoms with van der Waals surface area (Å²) < 4.78 is 13.2. The SMILES string of the molecule is CNC(Cc1ccc(F)c(Cl)c1)CC1CCCCCC1. The van der Waals surface area contributed by atoms with Crippen LogP contribution in [0.2, 0.25) is 5.02 Å². The van der Waals surface area contributed by atoms with Gasteiger partial charge in [-0.1, -0.05) is 56.2 Å². The van der Waals surface area contributed by atoms with Crippen LogP contribution in [0.4, 0.5) is 4.39 Å². The zero-order chi connectivity index (χ0) is 14.4. The molecule has 1 nitrogen and oxygen atoms in total. The molecule has 1 fully saturated rings. The standard InChI is InChI=1S/C17H25ClFN/c1-20-15(10-13-6-4-2-3-5-7-13)11-14-8-9-17(19)16(18)12-14/h8-9,12-13,15,20H,2-7,10-11H2,1H3. The molecule has 20 heavy (non-hydrogen) atoms. The van der Waals surface area contributed by atoms with Gasteiger partial charge >= 0.3 is 0 Å². The minimum atomic E-state index is -0.333. The second-order valence-electron chi connectivity index (χ2n) is 6.03. The molecule has 1 atom stereocenters. The van der Waals surface area contributed by atoms with Gasteiger partial charge in [-0.2, -0.15) is 0 Å². The van der Waals surface area contributed by atoms with Crippen molar-refractivity contribution in [2.24, 2.45) is 5.92 Å². The molecule has 1 unspecified atom stereocenters. The minimum absolute atomic E-state index is 0.229. The second kappa shape index (κ2) is 7.99. The lowest BCUT2D eigenvalue weighted by molar-refractivity contribution is 0.361. The summed E-state index contributed by atoms with van der Waals surface area (Å²) >= 11 is 5.86. The van der Waals surface area contributed by atoms with Crippen molar-refractivity contribution in [2.75, 3.05) is 7.05 Å². The lowest BCUT2D eigenvalue weighted by atomic mass is 9.90. The summed E-state index contributed by atoms with van der Waals surface area (Å²) in [5, 5.41) is 3.64. The molecule has 0 heterocycles. The smallest absolute Gasteiger partial charge is 0.141 e. The Morgan fingerprint density at radius 3 is 2.55 bits per heavy atom. The first-order valence-electron chi connectivity index (χ1n) is 7.80. The topological polar surface area (TPSA) is 12.0 Å². The maximum absolute atomic E-state index is 13.2. The summed E-state index contributed by atoms with van der Waals surface area (Å²) in [6.45, 7) is 0. The molecule has 2 rings (SSSR count). The first-order chi connectivity index (χ1) is 9.69. The lowest BCUT2D eigenvalue weighted by Crippen LogP contribution is -2.30. The molecular formula is C17H25ClFN. The summed E-state index contributed by atoms with van der Waals surface area (Å²) in [6, 6.07) is 5.53. The summed E-state index contributed by atoms with van der Waals surface area (Å²) in [4.78, 5) is 0. The van der Waals surface area contributed by atoms with Crippen LogP contribution in [0.1, 0.15) is 50.5 Å². The third-order valence-corrected chi connectivity index (χ3v) is 4.76. The molecule has 1 saturated carbocycles. The lowest BCUT2D eigenvalue weighted by Gasteiger charge is -2.22. The van der Waals surface area contributed by atoms with Gasteiger partial charge in [0.15, 0.2) is 0 Å². The van der Waals surface area contributed by atoms with Gasteiger partial charge < -0.3 is 5.32 Å². The monoisotopic (exact) mass is 297 g/mol. The third-order valence-electron chi connectivity index (χ3n) is 4.47. The number of hydrogen-bond donors (Lipinski definition) is 1. The first kappa shape index (κ1) is 15.8. The van der Waals surface area contributed by atoms with Crippen LogP contribution in [0.25, 0.3) is 0 Å². The van der Waals surface area contributed by atoms with Crippen molar-refractivity contribution >= 4 is 11.6 Å². The van der Waals surface area contributed by atoms with E-state index in [1.165, 1.54) is 51.0 Å². The minimum Gasteiger partial charge on any atom is -0.317 e. The van der Waals surface area contributed by atoms with E-state index in [9.17, 15) is 4.39 Å². The Balaban J connectivity index is 1.92. The van der Waals surface area contributed by atoms with Gasteiger partial charge in [-0.25, -0.2) is 4.39 Å². The highest BCUT2D eigenvalue weighted by Gasteiger charge is 2.17. The summed E-state index contributed by atoms with van der Waals surface area (Å²) in [6.07, 6.45) is 10.4. The molecule has 112 valence electrons. The van der Waals surface area contributed by atoms with Gasteiger partial charge in [0.25, 0.3) is 0 Å². The maximum atomic E-state index is 13.2. The Morgan fingerprint density at radius 1 is 1.25 bits per heavy atom. The van der Waals surface area contributed by atoms with Crippen molar-refractivity contribution in [3.63, 3.8) is 0 Å². The van der Waals surface area contributed by atoms with Gasteiger partial charge in [0.2, 0.25) is 0 Å². The fraction of sp³-hybridized carbons (Fsp3) is 0.647. The molecular weight excluding hydrogens is 273 g/mol. The van der Waals surface area contributed by atoms with Crippen LogP contribution < -0.4 is 5.32 Å². The number of benzene rings is 1. The number of rotatable bonds is 5. The van der Waals surface area contributed by atoms with Gasteiger partial charge in [0, 0.05) is 6.04 Å². The Morgan fingerprint density at radius 2 is 1.95 bits per heavy atom. The highest BCUT2D eigenvalue weighted by molar-refractivity contribution is 6.30. The number of likely N-dealkylation sites (N-methyl/N-ethyl adjacent to an activating group) is 1. The van der Waals surface area contributed by atoms with Crippen LogP contribution in [-0.2, 0) is 6.42 Å². The molecule has 0 aliphatic heterocycles. The largest absolute Gasteiger partial charge is 0.317 e. The van der Waals surface area contributed by atoms with Crippen molar-refractivity contribution in [3.05, 3.63) is 34.6 Å². The van der Waals surface area contributed by atoms with Gasteiger partial charge in [-0.3, -0.25) is 0 Å². The van der Waals surface area contributed by atoms with Crippen LogP contribution in [0.5, 0.6) is 0 Å². The van der Waals surface area contributed by atoms with E-state index in [0.717, 1.165) is 17.9 Å². The molecule has 0 bridgehead atoms. The van der Waals surface area contributed by atoms with E-state index >= 15 is 0 Å². The van der Waals surface area contributed by atoms with E-state index in [4.69, 9.17) is 11.6 Å². The van der Waals surface area contributed by atoms with E-state index < -0.39 is 0 Å². The van der Waals surface area contributed by atoms with Crippen molar-refractivity contribution in [1.82, 2.24) is 5.32 Å². The van der Waals surface area contributed by atoms with E-state index in [1.807, 2.05) is 13.1 Å². The molecule has 0 radical (unpaired) electrons. The molecule has 0 saturated heterocycles. The van der Waals surface area contributed by atoms with Crippen molar-refractivity contribution < 1.29 is 4.39 Å². The molecule has 1 aliphatic rings. The van der Waals surface area contributed by atoms with Gasteiger partial charge in [-0.15, -0.1) is 0 Å². The Labute approximate surface area is 126 Å². The molecule has 3 heteroatoms. The predicted molar refractivity (Wildman–Crippen MR) is 83.8 cm³/mol. The molecule has 0 aromatic heterocycles. The molecule has 0 amide bonds. The normalized spacial score (nSPS) is 18.8. The van der Waals surface area contributed by atoms with Crippen molar-refractivity contribution in [2.45, 2.75) is 57.4 Å². The van der Waals surface area contributed by atoms with Gasteiger partial charge in [0.1, 0.15) is 5.82 Å². The van der Waals surface area contributed by atoms with Gasteiger partial charge in [-0.05, 0) is 43.5 Å². The first-order valence-corrected chi connectivity index (χ1v) is 8.18. The molecule has 1 N–H and O–H groups in total. The van der Waals surface area contributed by atoms with E-state index in [2.05, 4.69) is 5.32 Å². The predicted octanol–water partition coefficient (Wildman–Crippen LogP) is 4.97. The average Bonchev–Trinajstić information content (AvgIpc) is 2.71. The molecule has 0 spiro atoms. The fourth-order valence-corrected chi connectivity index (χ4v) is 3.46. The maximum Gasteiger partial charge on any atom is 0.141 e. The fourth-order valence-electron chi connectivity index (χ4n) is 3.26. The zero-order valence-electron chi connectivity index (χ0n) is 12.3. The van der Waals surface area contributed by atoms with Crippen LogP contribution >= 0.6 is 11.6 Å². The van der Waals surface area contributed by atoms with Crippen LogP contribution in [0, 0.1) is 11.7 Å². The Kier molecular flexibility index (Phi) is 6.31. The van der Waals surface area contributed by atoms with E-state index in [0.29, 0.717) is 6.04 Å². The highest BCUT2D eigenvalue weighted by Crippen LogP contribution is 2.27. The van der Waals surface area contributed by atoms with Crippen LogP contribution in [-0.4, -0.2) is 13.1 Å². The zero-order valence-corrected chi connectivity index (χ0v) is 13.1. The molecule has 1 aliphatic carbocycles. The summed E-state index contributed by atoms with van der Waals surface area (Å²) in [7, 11) is 2.02. The van der Waals surface area contributed by atoms with Crippen LogP contribution in [0.15, 0.2) is 18.2 Å². The van der Waals surface area contributed by atoms with Crippen molar-refractivity contribution in [3.8, 4) is 0 Å². The average molecular weight is 298 g/mol. The quantitative estimate of drug-likeness (QED) is 0.757.